The fourth-order valence-electron chi connectivity index (χ4n) is 5.54. The highest BCUT2D eigenvalue weighted by Gasteiger charge is 2.35. The molecule has 0 N–H and O–H groups in total. The Balaban J connectivity index is 1.12. The highest BCUT2D eigenvalue weighted by Crippen LogP contribution is 2.37. The van der Waals surface area contributed by atoms with Crippen LogP contribution in [-0.2, 0) is 20.8 Å². The Kier molecular flexibility index (Phi) is 8.68. The highest BCUT2D eigenvalue weighted by molar-refractivity contribution is 8.18. The van der Waals surface area contributed by atoms with Gasteiger partial charge in [-0.2, -0.15) is 15.0 Å². The zero-order valence-corrected chi connectivity index (χ0v) is 26.1. The van der Waals surface area contributed by atoms with Gasteiger partial charge in [0.15, 0.2) is 11.5 Å². The molecule has 2 amide bonds. The van der Waals surface area contributed by atoms with E-state index in [1.54, 1.807) is 24.3 Å². The van der Waals surface area contributed by atoms with Crippen LogP contribution in [0.3, 0.4) is 0 Å². The fourth-order valence-corrected chi connectivity index (χ4v) is 6.37. The second kappa shape index (κ2) is 13.3. The van der Waals surface area contributed by atoms with Gasteiger partial charge in [0.25, 0.3) is 11.1 Å². The lowest BCUT2D eigenvalue weighted by Crippen LogP contribution is -2.40. The second-order valence-electron chi connectivity index (χ2n) is 10.8. The van der Waals surface area contributed by atoms with Crippen molar-refractivity contribution in [3.63, 3.8) is 0 Å². The Labute approximate surface area is 269 Å². The maximum absolute atomic E-state index is 13.4. The maximum atomic E-state index is 13.4. The Hall–Kier alpha value is -4.72. The van der Waals surface area contributed by atoms with Crippen LogP contribution in [0.25, 0.3) is 16.8 Å². The molecule has 236 valence electrons. The number of methoxy groups -OCH3 is 1. The van der Waals surface area contributed by atoms with Gasteiger partial charge in [-0.15, -0.1) is 0 Å². The molecule has 0 radical (unpaired) electrons. The van der Waals surface area contributed by atoms with Crippen molar-refractivity contribution in [1.82, 2.24) is 19.9 Å². The van der Waals surface area contributed by atoms with Crippen LogP contribution >= 0.6 is 11.8 Å². The van der Waals surface area contributed by atoms with Crippen LogP contribution in [0, 0.1) is 0 Å². The summed E-state index contributed by atoms with van der Waals surface area (Å²) in [7, 11) is 1.54. The van der Waals surface area contributed by atoms with Crippen molar-refractivity contribution >= 4 is 51.7 Å². The molecule has 0 atom stereocenters. The molecule has 0 unspecified atom stereocenters. The lowest BCUT2D eigenvalue weighted by Gasteiger charge is -2.30. The van der Waals surface area contributed by atoms with Crippen LogP contribution in [0.5, 0.6) is 17.5 Å². The Morgan fingerprint density at radius 2 is 1.50 bits per heavy atom. The molecule has 4 aromatic rings. The van der Waals surface area contributed by atoms with Crippen molar-refractivity contribution in [2.45, 2.75) is 6.54 Å². The zero-order chi connectivity index (χ0) is 31.5. The molecule has 3 fully saturated rings. The van der Waals surface area contributed by atoms with Gasteiger partial charge in [-0.05, 0) is 51.9 Å². The molecule has 3 saturated heterocycles. The van der Waals surface area contributed by atoms with Crippen LogP contribution in [0.4, 0.5) is 16.7 Å². The number of anilines is 2. The summed E-state index contributed by atoms with van der Waals surface area (Å²) in [6.45, 7) is 5.22. The third kappa shape index (κ3) is 6.34. The third-order valence-corrected chi connectivity index (χ3v) is 8.86. The monoisotopic (exact) mass is 640 g/mol. The standard InChI is InChI=1S/C33H32N6O6S/c1-42-27-19-22(20-28-29(40)39(33(41)46-28)21-24-7-4-6-23-5-2-3-8-25(23)24)9-10-26(27)45-32-35-30(37-11-15-43-16-12-37)34-31(36-32)38-13-17-44-18-14-38/h2-10,19-20H,11-18,21H2,1H3/b28-20-. The van der Waals surface area contributed by atoms with Gasteiger partial charge in [0, 0.05) is 26.2 Å². The average molecular weight is 641 g/mol. The third-order valence-electron chi connectivity index (χ3n) is 7.95. The van der Waals surface area contributed by atoms with Crippen molar-refractivity contribution in [2.75, 3.05) is 69.5 Å². The van der Waals surface area contributed by atoms with Crippen LogP contribution in [0.2, 0.25) is 0 Å². The molecule has 12 nitrogen and oxygen atoms in total. The number of rotatable bonds is 8. The first-order valence-electron chi connectivity index (χ1n) is 15.0. The lowest BCUT2D eigenvalue weighted by molar-refractivity contribution is -0.123. The Morgan fingerprint density at radius 3 is 2.20 bits per heavy atom. The van der Waals surface area contributed by atoms with Gasteiger partial charge in [0.1, 0.15) is 0 Å². The van der Waals surface area contributed by atoms with Crippen LogP contribution in [-0.4, -0.2) is 90.7 Å². The molecule has 46 heavy (non-hydrogen) atoms. The predicted octanol–water partition coefficient (Wildman–Crippen LogP) is 4.74. The topological polar surface area (TPSA) is 119 Å². The van der Waals surface area contributed by atoms with Crippen LogP contribution in [0.1, 0.15) is 11.1 Å². The molecular formula is C33H32N6O6S. The minimum atomic E-state index is -0.335. The minimum absolute atomic E-state index is 0.138. The molecule has 0 aliphatic carbocycles. The van der Waals surface area contributed by atoms with E-state index in [0.717, 1.165) is 28.1 Å². The number of morpholine rings is 2. The number of carbonyl (C=O) groups excluding carboxylic acids is 2. The number of hydrogen-bond acceptors (Lipinski definition) is 12. The van der Waals surface area contributed by atoms with Gasteiger partial charge in [-0.3, -0.25) is 14.5 Å². The van der Waals surface area contributed by atoms with Crippen molar-refractivity contribution < 1.29 is 28.5 Å². The summed E-state index contributed by atoms with van der Waals surface area (Å²) < 4.78 is 22.9. The first-order valence-corrected chi connectivity index (χ1v) is 15.9. The molecule has 3 aliphatic heterocycles. The summed E-state index contributed by atoms with van der Waals surface area (Å²) >= 11 is 0.924. The lowest BCUT2D eigenvalue weighted by atomic mass is 10.0. The van der Waals surface area contributed by atoms with E-state index in [0.29, 0.717) is 86.5 Å². The second-order valence-corrected chi connectivity index (χ2v) is 11.8. The number of benzene rings is 3. The number of ether oxygens (including phenoxy) is 4. The van der Waals surface area contributed by atoms with E-state index in [2.05, 4.69) is 19.8 Å². The first kappa shape index (κ1) is 30.0. The SMILES string of the molecule is COc1cc(/C=C2\SC(=O)N(Cc3cccc4ccccc34)C2=O)ccc1Oc1nc(N2CCOCC2)nc(N2CCOCC2)n1. The van der Waals surface area contributed by atoms with Crippen LogP contribution in [0.15, 0.2) is 65.6 Å². The smallest absolute Gasteiger partial charge is 0.328 e. The Bertz CT molecular complexity index is 1770. The summed E-state index contributed by atoms with van der Waals surface area (Å²) in [5.74, 6) is 1.52. The number of nitrogens with zero attached hydrogens (tertiary/aromatic N) is 6. The summed E-state index contributed by atoms with van der Waals surface area (Å²) in [6, 6.07) is 19.2. The van der Waals surface area contributed by atoms with E-state index < -0.39 is 0 Å². The van der Waals surface area contributed by atoms with E-state index in [9.17, 15) is 9.59 Å². The Morgan fingerprint density at radius 1 is 0.826 bits per heavy atom. The summed E-state index contributed by atoms with van der Waals surface area (Å²) in [4.78, 5) is 46.0. The number of fused-ring (bicyclic) bond motifs is 1. The van der Waals surface area contributed by atoms with E-state index in [4.69, 9.17) is 23.9 Å². The summed E-state index contributed by atoms with van der Waals surface area (Å²) in [6.07, 6.45) is 1.69. The quantitative estimate of drug-likeness (QED) is 0.248. The van der Waals surface area contributed by atoms with Crippen LogP contribution < -0.4 is 19.3 Å². The van der Waals surface area contributed by atoms with Crippen molar-refractivity contribution in [2.24, 2.45) is 0 Å². The number of carbonyl (C=O) groups is 2. The zero-order valence-electron chi connectivity index (χ0n) is 25.3. The van der Waals surface area contributed by atoms with Gasteiger partial charge in [0.2, 0.25) is 11.9 Å². The molecule has 0 saturated carbocycles. The molecule has 4 heterocycles. The first-order chi connectivity index (χ1) is 22.6. The number of aromatic nitrogens is 3. The normalized spacial score (nSPS) is 18.1. The summed E-state index contributed by atoms with van der Waals surface area (Å²) in [5.41, 5.74) is 1.59. The van der Waals surface area contributed by atoms with E-state index in [1.165, 1.54) is 12.0 Å². The average Bonchev–Trinajstić information content (AvgIpc) is 3.36. The molecule has 0 bridgehead atoms. The van der Waals surface area contributed by atoms with Crippen molar-refractivity contribution in [1.29, 1.82) is 0 Å². The van der Waals surface area contributed by atoms with E-state index in [-0.39, 0.29) is 23.7 Å². The van der Waals surface area contributed by atoms with Gasteiger partial charge >= 0.3 is 6.01 Å². The summed E-state index contributed by atoms with van der Waals surface area (Å²) in [5, 5.41) is 1.77. The largest absolute Gasteiger partial charge is 0.493 e. The maximum Gasteiger partial charge on any atom is 0.328 e. The minimum Gasteiger partial charge on any atom is -0.493 e. The molecule has 0 spiro atoms. The molecule has 1 aromatic heterocycles. The molecule has 7 rings (SSSR count). The van der Waals surface area contributed by atoms with Crippen molar-refractivity contribution in [3.05, 3.63) is 76.7 Å². The van der Waals surface area contributed by atoms with E-state index in [1.807, 2.05) is 42.5 Å². The fraction of sp³-hybridized carbons (Fsp3) is 0.303. The number of hydrogen-bond donors (Lipinski definition) is 0. The molecular weight excluding hydrogens is 608 g/mol. The van der Waals surface area contributed by atoms with Gasteiger partial charge in [-0.25, -0.2) is 0 Å². The number of imide groups is 1. The molecule has 3 aromatic carbocycles. The van der Waals surface area contributed by atoms with Gasteiger partial charge in [-0.1, -0.05) is 48.5 Å². The predicted molar refractivity (Wildman–Crippen MR) is 174 cm³/mol. The molecule has 13 heteroatoms. The highest BCUT2D eigenvalue weighted by atomic mass is 32.2. The number of thioether (sulfide) groups is 1. The molecule has 3 aliphatic rings. The van der Waals surface area contributed by atoms with E-state index >= 15 is 0 Å². The number of amides is 2. The van der Waals surface area contributed by atoms with Crippen molar-refractivity contribution in [3.8, 4) is 17.5 Å². The van der Waals surface area contributed by atoms with Gasteiger partial charge < -0.3 is 28.7 Å². The van der Waals surface area contributed by atoms with Gasteiger partial charge in [0.05, 0.1) is 45.0 Å².